The van der Waals surface area contributed by atoms with Crippen molar-refractivity contribution in [1.82, 2.24) is 10.3 Å². The summed E-state index contributed by atoms with van der Waals surface area (Å²) in [7, 11) is 0. The molecule has 1 aliphatic carbocycles. The van der Waals surface area contributed by atoms with Crippen molar-refractivity contribution in [1.29, 1.82) is 0 Å². The molecule has 1 aliphatic rings. The lowest BCUT2D eigenvalue weighted by Crippen LogP contribution is -2.28. The molecule has 2 N–H and O–H groups in total. The average Bonchev–Trinajstić information content (AvgIpc) is 2.95. The summed E-state index contributed by atoms with van der Waals surface area (Å²) in [5, 5.41) is 6.21. The van der Waals surface area contributed by atoms with E-state index in [1.54, 1.807) is 23.7 Å². The van der Waals surface area contributed by atoms with Crippen LogP contribution in [-0.4, -0.2) is 24.0 Å². The van der Waals surface area contributed by atoms with Gasteiger partial charge in [-0.05, 0) is 48.9 Å². The van der Waals surface area contributed by atoms with E-state index in [2.05, 4.69) is 28.6 Å². The Morgan fingerprint density at radius 3 is 3.18 bits per heavy atom. The van der Waals surface area contributed by atoms with Crippen LogP contribution in [0.15, 0.2) is 30.6 Å². The molecular formula is C17H21N3OS. The number of fused-ring (bicyclic) bond motifs is 1. The van der Waals surface area contributed by atoms with Gasteiger partial charge in [-0.25, -0.2) is 0 Å². The summed E-state index contributed by atoms with van der Waals surface area (Å²) in [4.78, 5) is 18.5. The predicted octanol–water partition coefficient (Wildman–Crippen LogP) is 3.11. The lowest BCUT2D eigenvalue weighted by atomic mass is 9.90. The van der Waals surface area contributed by atoms with E-state index in [0.717, 1.165) is 29.3 Å². The van der Waals surface area contributed by atoms with Gasteiger partial charge in [0.25, 0.3) is 5.91 Å². The fraction of sp³-hybridized carbons (Fsp3) is 0.412. The Morgan fingerprint density at radius 1 is 1.45 bits per heavy atom. The maximum Gasteiger partial charge on any atom is 0.261 e. The highest BCUT2D eigenvalue weighted by atomic mass is 32.1. The third-order valence-corrected chi connectivity index (χ3v) is 5.19. The van der Waals surface area contributed by atoms with Crippen LogP contribution in [0, 0.1) is 5.92 Å². The summed E-state index contributed by atoms with van der Waals surface area (Å²) in [6.07, 6.45) is 6.99. The Bertz CT molecular complexity index is 639. The van der Waals surface area contributed by atoms with E-state index in [0.29, 0.717) is 13.1 Å². The van der Waals surface area contributed by atoms with E-state index < -0.39 is 0 Å². The molecule has 116 valence electrons. The molecule has 0 unspecified atom stereocenters. The van der Waals surface area contributed by atoms with Gasteiger partial charge in [-0.2, -0.15) is 0 Å². The minimum atomic E-state index is 0.0417. The Kier molecular flexibility index (Phi) is 4.73. The van der Waals surface area contributed by atoms with E-state index >= 15 is 0 Å². The summed E-state index contributed by atoms with van der Waals surface area (Å²) in [5.74, 6) is 0.779. The van der Waals surface area contributed by atoms with Gasteiger partial charge in [0.05, 0.1) is 10.6 Å². The molecule has 0 saturated carbocycles. The summed E-state index contributed by atoms with van der Waals surface area (Å²) in [5.41, 5.74) is 2.35. The van der Waals surface area contributed by atoms with Gasteiger partial charge in [-0.3, -0.25) is 9.78 Å². The first-order valence-electron chi connectivity index (χ1n) is 7.76. The first-order valence-corrected chi connectivity index (χ1v) is 8.57. The van der Waals surface area contributed by atoms with Crippen LogP contribution in [0.4, 0.5) is 5.69 Å². The number of amides is 1. The summed E-state index contributed by atoms with van der Waals surface area (Å²) < 4.78 is 0. The molecule has 4 nitrogen and oxygen atoms in total. The molecule has 0 fully saturated rings. The van der Waals surface area contributed by atoms with E-state index in [1.807, 2.05) is 12.1 Å². The smallest absolute Gasteiger partial charge is 0.261 e. The van der Waals surface area contributed by atoms with E-state index in [-0.39, 0.29) is 5.91 Å². The second kappa shape index (κ2) is 6.92. The van der Waals surface area contributed by atoms with Crippen LogP contribution < -0.4 is 10.6 Å². The number of nitrogens with one attached hydrogen (secondary N) is 2. The standard InChI is InChI=1S/C17H21N3OS/c1-12-4-5-15-13(9-12)10-16(22-15)17(21)20-8-7-19-14-3-2-6-18-11-14/h2-3,6,10-12,19H,4-5,7-9H2,1H3,(H,20,21)/t12-/m1/s1. The van der Waals surface area contributed by atoms with Crippen LogP contribution in [0.5, 0.6) is 0 Å². The first kappa shape index (κ1) is 15.0. The first-order chi connectivity index (χ1) is 10.7. The molecule has 5 heteroatoms. The SMILES string of the molecule is C[C@@H]1CCc2sc(C(=O)NCCNc3cccnc3)cc2C1. The summed E-state index contributed by atoms with van der Waals surface area (Å²) in [6.45, 7) is 3.58. The molecule has 2 aromatic heterocycles. The number of hydrogen-bond donors (Lipinski definition) is 2. The fourth-order valence-corrected chi connectivity index (χ4v) is 3.88. The zero-order valence-corrected chi connectivity index (χ0v) is 13.6. The monoisotopic (exact) mass is 315 g/mol. The van der Waals surface area contributed by atoms with Gasteiger partial charge in [0.15, 0.2) is 0 Å². The normalized spacial score (nSPS) is 16.9. The van der Waals surface area contributed by atoms with Crippen LogP contribution in [0.2, 0.25) is 0 Å². The van der Waals surface area contributed by atoms with Crippen LogP contribution in [0.25, 0.3) is 0 Å². The van der Waals surface area contributed by atoms with Crippen molar-refractivity contribution in [2.75, 3.05) is 18.4 Å². The Labute approximate surface area is 135 Å². The third-order valence-electron chi connectivity index (χ3n) is 3.95. The van der Waals surface area contributed by atoms with E-state index in [9.17, 15) is 4.79 Å². The Morgan fingerprint density at radius 2 is 2.36 bits per heavy atom. The summed E-state index contributed by atoms with van der Waals surface area (Å²) >= 11 is 1.66. The van der Waals surface area contributed by atoms with Gasteiger partial charge >= 0.3 is 0 Å². The van der Waals surface area contributed by atoms with Crippen LogP contribution in [0.3, 0.4) is 0 Å². The van der Waals surface area contributed by atoms with E-state index in [1.165, 1.54) is 16.9 Å². The van der Waals surface area contributed by atoms with Crippen molar-refractivity contribution in [3.8, 4) is 0 Å². The molecule has 1 atom stereocenters. The second-order valence-corrected chi connectivity index (χ2v) is 6.97. The highest BCUT2D eigenvalue weighted by molar-refractivity contribution is 7.14. The van der Waals surface area contributed by atoms with Crippen molar-refractivity contribution >= 4 is 22.9 Å². The number of aryl methyl sites for hydroxylation is 1. The Balaban J connectivity index is 1.48. The third kappa shape index (κ3) is 3.65. The number of carbonyl (C=O) groups is 1. The van der Waals surface area contributed by atoms with Crippen LogP contribution in [-0.2, 0) is 12.8 Å². The minimum absolute atomic E-state index is 0.0417. The molecule has 0 radical (unpaired) electrons. The lowest BCUT2D eigenvalue weighted by molar-refractivity contribution is 0.0959. The molecule has 3 rings (SSSR count). The number of pyridine rings is 1. The zero-order chi connectivity index (χ0) is 15.4. The van der Waals surface area contributed by atoms with Gasteiger partial charge < -0.3 is 10.6 Å². The molecule has 1 amide bonds. The number of carbonyl (C=O) groups excluding carboxylic acids is 1. The quantitative estimate of drug-likeness (QED) is 0.834. The van der Waals surface area contributed by atoms with Crippen LogP contribution >= 0.6 is 11.3 Å². The number of nitrogens with zero attached hydrogens (tertiary/aromatic N) is 1. The van der Waals surface area contributed by atoms with Crippen molar-refractivity contribution in [3.63, 3.8) is 0 Å². The molecule has 0 spiro atoms. The van der Waals surface area contributed by atoms with Gasteiger partial charge in [0, 0.05) is 30.4 Å². The van der Waals surface area contributed by atoms with E-state index in [4.69, 9.17) is 0 Å². The molecule has 0 aliphatic heterocycles. The maximum absolute atomic E-state index is 12.2. The largest absolute Gasteiger partial charge is 0.382 e. The molecular weight excluding hydrogens is 294 g/mol. The number of thiophene rings is 1. The number of anilines is 1. The number of rotatable bonds is 5. The van der Waals surface area contributed by atoms with Crippen molar-refractivity contribution in [2.45, 2.75) is 26.2 Å². The second-order valence-electron chi connectivity index (χ2n) is 5.83. The molecule has 2 heterocycles. The molecule has 2 aromatic rings. The maximum atomic E-state index is 12.2. The Hall–Kier alpha value is -1.88. The molecule has 22 heavy (non-hydrogen) atoms. The zero-order valence-electron chi connectivity index (χ0n) is 12.8. The van der Waals surface area contributed by atoms with Gasteiger partial charge in [-0.1, -0.05) is 6.92 Å². The summed E-state index contributed by atoms with van der Waals surface area (Å²) in [6, 6.07) is 5.93. The van der Waals surface area contributed by atoms with Crippen molar-refractivity contribution in [3.05, 3.63) is 45.9 Å². The van der Waals surface area contributed by atoms with Crippen molar-refractivity contribution < 1.29 is 4.79 Å². The fourth-order valence-electron chi connectivity index (χ4n) is 2.76. The average molecular weight is 315 g/mol. The highest BCUT2D eigenvalue weighted by Gasteiger charge is 2.20. The predicted molar refractivity (Wildman–Crippen MR) is 90.6 cm³/mol. The molecule has 0 saturated heterocycles. The molecule has 0 bridgehead atoms. The van der Waals surface area contributed by atoms with Gasteiger partial charge in [-0.15, -0.1) is 11.3 Å². The van der Waals surface area contributed by atoms with Gasteiger partial charge in [0.2, 0.25) is 0 Å². The number of aromatic nitrogens is 1. The van der Waals surface area contributed by atoms with Gasteiger partial charge in [0.1, 0.15) is 0 Å². The minimum Gasteiger partial charge on any atom is -0.382 e. The topological polar surface area (TPSA) is 54.0 Å². The highest BCUT2D eigenvalue weighted by Crippen LogP contribution is 2.32. The van der Waals surface area contributed by atoms with Crippen molar-refractivity contribution in [2.24, 2.45) is 5.92 Å². The number of hydrogen-bond acceptors (Lipinski definition) is 4. The molecule has 0 aromatic carbocycles. The van der Waals surface area contributed by atoms with Crippen LogP contribution in [0.1, 0.15) is 33.5 Å². The lowest BCUT2D eigenvalue weighted by Gasteiger charge is -2.16.